The number of nitrogens with one attached hydrogen (secondary N) is 1. The summed E-state index contributed by atoms with van der Waals surface area (Å²) in [5.41, 5.74) is 2.22. The third kappa shape index (κ3) is 3.11. The highest BCUT2D eigenvalue weighted by atomic mass is 79.9. The van der Waals surface area contributed by atoms with Gasteiger partial charge in [0.2, 0.25) is 10.1 Å². The van der Waals surface area contributed by atoms with Crippen molar-refractivity contribution in [3.63, 3.8) is 0 Å². The van der Waals surface area contributed by atoms with E-state index < -0.39 is 0 Å². The summed E-state index contributed by atoms with van der Waals surface area (Å²) in [5, 5.41) is 8.60. The number of fused-ring (bicyclic) bond motifs is 1. The molecule has 1 aliphatic rings. The number of rotatable bonds is 5. The Hall–Kier alpha value is -1.73. The number of benzene rings is 1. The third-order valence-corrected chi connectivity index (χ3v) is 6.40. The second-order valence-corrected chi connectivity index (χ2v) is 8.41. The second kappa shape index (κ2) is 6.53. The van der Waals surface area contributed by atoms with Gasteiger partial charge in [0.25, 0.3) is 5.56 Å². The Morgan fingerprint density at radius 1 is 1.32 bits per heavy atom. The van der Waals surface area contributed by atoms with Crippen molar-refractivity contribution in [2.24, 2.45) is 0 Å². The molecule has 130 valence electrons. The van der Waals surface area contributed by atoms with E-state index in [0.717, 1.165) is 28.3 Å². The molecule has 1 N–H and O–H groups in total. The van der Waals surface area contributed by atoms with E-state index in [1.54, 1.807) is 6.07 Å². The van der Waals surface area contributed by atoms with Crippen molar-refractivity contribution in [3.8, 4) is 0 Å². The summed E-state index contributed by atoms with van der Waals surface area (Å²) in [7, 11) is 0. The second-order valence-electron chi connectivity index (χ2n) is 6.54. The molecule has 25 heavy (non-hydrogen) atoms. The van der Waals surface area contributed by atoms with Gasteiger partial charge in [0.1, 0.15) is 0 Å². The first-order chi connectivity index (χ1) is 12.1. The Labute approximate surface area is 158 Å². The van der Waals surface area contributed by atoms with Gasteiger partial charge >= 0.3 is 0 Å². The van der Waals surface area contributed by atoms with Gasteiger partial charge < -0.3 is 5.32 Å². The van der Waals surface area contributed by atoms with E-state index in [-0.39, 0.29) is 11.0 Å². The Morgan fingerprint density at radius 2 is 2.08 bits per heavy atom. The Bertz CT molecular complexity index is 959. The van der Waals surface area contributed by atoms with E-state index in [0.29, 0.717) is 4.96 Å². The van der Waals surface area contributed by atoms with Crippen molar-refractivity contribution < 1.29 is 0 Å². The molecule has 4 rings (SSSR count). The molecule has 5 nitrogen and oxygen atoms in total. The topological polar surface area (TPSA) is 59.3 Å². The van der Waals surface area contributed by atoms with Crippen LogP contribution >= 0.6 is 27.3 Å². The highest BCUT2D eigenvalue weighted by Crippen LogP contribution is 2.44. The maximum Gasteiger partial charge on any atom is 0.275 e. The lowest BCUT2D eigenvalue weighted by atomic mass is 9.64. The van der Waals surface area contributed by atoms with E-state index in [9.17, 15) is 4.79 Å². The summed E-state index contributed by atoms with van der Waals surface area (Å²) in [6, 6.07) is 10.2. The van der Waals surface area contributed by atoms with Gasteiger partial charge in [0.15, 0.2) is 0 Å². The van der Waals surface area contributed by atoms with Crippen LogP contribution in [0.4, 0.5) is 5.13 Å². The molecule has 0 radical (unpaired) electrons. The molecule has 1 aliphatic carbocycles. The zero-order valence-electron chi connectivity index (χ0n) is 14.0. The predicted octanol–water partition coefficient (Wildman–Crippen LogP) is 4.01. The van der Waals surface area contributed by atoms with Crippen LogP contribution in [0.1, 0.15) is 37.4 Å². The van der Waals surface area contributed by atoms with Gasteiger partial charge in [-0.15, -0.1) is 5.10 Å². The Morgan fingerprint density at radius 3 is 2.72 bits per heavy atom. The summed E-state index contributed by atoms with van der Waals surface area (Å²) < 4.78 is 2.49. The fourth-order valence-electron chi connectivity index (χ4n) is 3.33. The number of hydrogen-bond acceptors (Lipinski definition) is 5. The van der Waals surface area contributed by atoms with E-state index in [1.165, 1.54) is 40.7 Å². The standard InChI is InChI=1S/C18H19BrN4OS/c1-2-14-10-15(24)23-17(21-14)25-16(22-23)20-11-18(8-3-9-18)12-4-6-13(19)7-5-12/h4-7,10H,2-3,8-9,11H2,1H3,(H,20,22). The van der Waals surface area contributed by atoms with Crippen LogP contribution in [-0.2, 0) is 11.8 Å². The molecule has 2 heterocycles. The summed E-state index contributed by atoms with van der Waals surface area (Å²) in [6.07, 6.45) is 4.34. The van der Waals surface area contributed by atoms with Gasteiger partial charge in [-0.1, -0.05) is 52.7 Å². The van der Waals surface area contributed by atoms with Gasteiger partial charge in [0.05, 0.1) is 0 Å². The number of aryl methyl sites for hydroxylation is 1. The third-order valence-electron chi connectivity index (χ3n) is 5.01. The molecular formula is C18H19BrN4OS. The maximum atomic E-state index is 12.1. The van der Waals surface area contributed by atoms with Crippen molar-refractivity contribution in [3.05, 3.63) is 56.4 Å². The summed E-state index contributed by atoms with van der Waals surface area (Å²) >= 11 is 4.94. The Kier molecular flexibility index (Phi) is 4.37. The Balaban J connectivity index is 1.58. The minimum atomic E-state index is -0.114. The van der Waals surface area contributed by atoms with E-state index in [4.69, 9.17) is 0 Å². The molecule has 0 aliphatic heterocycles. The van der Waals surface area contributed by atoms with Crippen LogP contribution in [0.2, 0.25) is 0 Å². The van der Waals surface area contributed by atoms with Crippen molar-refractivity contribution in [2.45, 2.75) is 38.0 Å². The lowest BCUT2D eigenvalue weighted by Crippen LogP contribution is -2.40. The number of hydrogen-bond donors (Lipinski definition) is 1. The average molecular weight is 419 g/mol. The summed E-state index contributed by atoms with van der Waals surface area (Å²) in [4.78, 5) is 17.3. The number of aromatic nitrogens is 3. The minimum absolute atomic E-state index is 0.114. The van der Waals surface area contributed by atoms with Gasteiger partial charge in [-0.05, 0) is 37.0 Å². The van der Waals surface area contributed by atoms with Crippen LogP contribution in [-0.4, -0.2) is 21.1 Å². The van der Waals surface area contributed by atoms with Crippen molar-refractivity contribution in [1.82, 2.24) is 14.6 Å². The molecule has 0 spiro atoms. The first kappa shape index (κ1) is 16.7. The van der Waals surface area contributed by atoms with Gasteiger partial charge in [-0.2, -0.15) is 4.52 Å². The predicted molar refractivity (Wildman–Crippen MR) is 105 cm³/mol. The van der Waals surface area contributed by atoms with Crippen LogP contribution in [0.25, 0.3) is 4.96 Å². The lowest BCUT2D eigenvalue weighted by Gasteiger charge is -2.42. The number of halogens is 1. The van der Waals surface area contributed by atoms with E-state index in [2.05, 4.69) is 55.6 Å². The van der Waals surface area contributed by atoms with Crippen molar-refractivity contribution in [1.29, 1.82) is 0 Å². The zero-order valence-corrected chi connectivity index (χ0v) is 16.4. The van der Waals surface area contributed by atoms with Crippen LogP contribution in [0, 0.1) is 0 Å². The molecule has 3 aromatic rings. The molecule has 0 bridgehead atoms. The SMILES string of the molecule is CCc1cc(=O)n2nc(NCC3(c4ccc(Br)cc4)CCC3)sc2n1. The average Bonchev–Trinajstić information content (AvgIpc) is 2.99. The molecule has 2 aromatic heterocycles. The fraction of sp³-hybridized carbons (Fsp3) is 0.389. The first-order valence-electron chi connectivity index (χ1n) is 8.49. The normalized spacial score (nSPS) is 15.9. The molecule has 1 fully saturated rings. The summed E-state index contributed by atoms with van der Waals surface area (Å²) in [5.74, 6) is 0. The fourth-order valence-corrected chi connectivity index (χ4v) is 4.41. The van der Waals surface area contributed by atoms with Crippen molar-refractivity contribution in [2.75, 3.05) is 11.9 Å². The van der Waals surface area contributed by atoms with Gasteiger partial charge in [-0.25, -0.2) is 4.98 Å². The highest BCUT2D eigenvalue weighted by molar-refractivity contribution is 9.10. The summed E-state index contributed by atoms with van der Waals surface area (Å²) in [6.45, 7) is 2.82. The quantitative estimate of drug-likeness (QED) is 0.679. The molecule has 7 heteroatoms. The largest absolute Gasteiger partial charge is 0.359 e. The molecule has 0 unspecified atom stereocenters. The molecule has 0 amide bonds. The lowest BCUT2D eigenvalue weighted by molar-refractivity contribution is 0.260. The number of anilines is 1. The minimum Gasteiger partial charge on any atom is -0.359 e. The molecule has 0 saturated heterocycles. The highest BCUT2D eigenvalue weighted by Gasteiger charge is 2.38. The van der Waals surface area contributed by atoms with Crippen LogP contribution < -0.4 is 10.9 Å². The van der Waals surface area contributed by atoms with Crippen LogP contribution in [0.15, 0.2) is 39.6 Å². The van der Waals surface area contributed by atoms with E-state index in [1.807, 2.05) is 6.92 Å². The smallest absolute Gasteiger partial charge is 0.275 e. The number of nitrogens with zero attached hydrogens (tertiary/aromatic N) is 3. The first-order valence-corrected chi connectivity index (χ1v) is 10.1. The van der Waals surface area contributed by atoms with Crippen LogP contribution in [0.5, 0.6) is 0 Å². The van der Waals surface area contributed by atoms with Gasteiger partial charge in [-0.3, -0.25) is 4.79 Å². The maximum absolute atomic E-state index is 12.1. The van der Waals surface area contributed by atoms with Crippen molar-refractivity contribution >= 4 is 37.4 Å². The zero-order chi connectivity index (χ0) is 17.4. The van der Waals surface area contributed by atoms with Gasteiger partial charge in [0, 0.05) is 28.2 Å². The molecular weight excluding hydrogens is 400 g/mol. The molecule has 0 atom stereocenters. The van der Waals surface area contributed by atoms with E-state index >= 15 is 0 Å². The van der Waals surface area contributed by atoms with Crippen LogP contribution in [0.3, 0.4) is 0 Å². The molecule has 1 saturated carbocycles. The molecule has 1 aromatic carbocycles. The monoisotopic (exact) mass is 418 g/mol.